The van der Waals surface area contributed by atoms with E-state index in [2.05, 4.69) is 5.10 Å². The predicted octanol–water partition coefficient (Wildman–Crippen LogP) is 4.12. The molecule has 0 radical (unpaired) electrons. The van der Waals surface area contributed by atoms with Gasteiger partial charge in [-0.25, -0.2) is 4.79 Å². The van der Waals surface area contributed by atoms with Gasteiger partial charge in [-0.3, -0.25) is 14.8 Å². The number of aromatic nitrogens is 2. The molecule has 0 saturated carbocycles. The van der Waals surface area contributed by atoms with Crippen LogP contribution in [0.3, 0.4) is 0 Å². The van der Waals surface area contributed by atoms with Gasteiger partial charge in [0.25, 0.3) is 5.88 Å². The lowest BCUT2D eigenvalue weighted by atomic mass is 10.2. The third-order valence-electron chi connectivity index (χ3n) is 3.49. The first-order valence-electron chi connectivity index (χ1n) is 8.05. The highest BCUT2D eigenvalue weighted by molar-refractivity contribution is 6.32. The molecule has 0 N–H and O–H groups in total. The maximum Gasteiger partial charge on any atom is 0.434 e. The van der Waals surface area contributed by atoms with E-state index >= 15 is 0 Å². The molecule has 0 aliphatic rings. The zero-order chi connectivity index (χ0) is 21.9. The van der Waals surface area contributed by atoms with Crippen molar-refractivity contribution in [3.63, 3.8) is 0 Å². The normalized spacial score (nSPS) is 12.4. The van der Waals surface area contributed by atoms with Gasteiger partial charge in [0, 0.05) is 19.2 Å². The first-order chi connectivity index (χ1) is 13.5. The molecule has 0 aliphatic carbocycles. The second-order valence-electron chi connectivity index (χ2n) is 5.59. The summed E-state index contributed by atoms with van der Waals surface area (Å²) in [7, 11) is 1.03. The number of nitro groups is 1. The van der Waals surface area contributed by atoms with Crippen LogP contribution in [0.2, 0.25) is 5.02 Å². The molecule has 0 spiro atoms. The third-order valence-corrected chi connectivity index (χ3v) is 3.83. The molecule has 0 aliphatic heterocycles. The van der Waals surface area contributed by atoms with Gasteiger partial charge in [0.2, 0.25) is 5.75 Å². The second kappa shape index (κ2) is 8.55. The molecule has 1 heterocycles. The molecule has 13 heteroatoms. The molecule has 0 amide bonds. The van der Waals surface area contributed by atoms with Gasteiger partial charge >= 0.3 is 17.8 Å². The van der Waals surface area contributed by atoms with Gasteiger partial charge < -0.3 is 14.2 Å². The summed E-state index contributed by atoms with van der Waals surface area (Å²) in [5.41, 5.74) is -1.71. The second-order valence-corrected chi connectivity index (χ2v) is 5.97. The monoisotopic (exact) mass is 437 g/mol. The fraction of sp³-hybridized carbons (Fsp3) is 0.375. The number of alkyl halides is 3. The van der Waals surface area contributed by atoms with Crippen LogP contribution in [-0.4, -0.2) is 33.4 Å². The molecule has 0 fully saturated rings. The lowest BCUT2D eigenvalue weighted by molar-refractivity contribution is -0.386. The molecule has 0 bridgehead atoms. The Morgan fingerprint density at radius 3 is 2.59 bits per heavy atom. The number of rotatable bonds is 7. The minimum Gasteiger partial charge on any atom is -0.472 e. The van der Waals surface area contributed by atoms with Gasteiger partial charge in [-0.05, 0) is 19.9 Å². The molecular formula is C16H15ClF3N3O6. The van der Waals surface area contributed by atoms with E-state index in [0.29, 0.717) is 4.68 Å². The Hall–Kier alpha value is -3.02. The minimum atomic E-state index is -4.76. The fourth-order valence-corrected chi connectivity index (χ4v) is 2.57. The lowest BCUT2D eigenvalue weighted by Gasteiger charge is -2.14. The van der Waals surface area contributed by atoms with Gasteiger partial charge in [-0.15, -0.1) is 5.10 Å². The molecule has 1 aromatic carbocycles. The summed E-state index contributed by atoms with van der Waals surface area (Å²) < 4.78 is 54.8. The van der Waals surface area contributed by atoms with Crippen molar-refractivity contribution in [2.45, 2.75) is 26.1 Å². The number of carbonyl (C=O) groups is 1. The SMILES string of the molecule is CCOC(=O)C(C)Oc1cc(Oc2nn(C)c(C(F)(F)F)c2Cl)ccc1[N+](=O)[O-]. The van der Waals surface area contributed by atoms with Crippen LogP contribution in [0.25, 0.3) is 0 Å². The first-order valence-corrected chi connectivity index (χ1v) is 8.42. The van der Waals surface area contributed by atoms with Crippen molar-refractivity contribution in [2.75, 3.05) is 6.61 Å². The van der Waals surface area contributed by atoms with Crippen LogP contribution < -0.4 is 9.47 Å². The summed E-state index contributed by atoms with van der Waals surface area (Å²) in [4.78, 5) is 22.1. The third kappa shape index (κ3) is 5.08. The molecule has 1 unspecified atom stereocenters. The van der Waals surface area contributed by atoms with E-state index in [4.69, 9.17) is 25.8 Å². The quantitative estimate of drug-likeness (QED) is 0.364. The lowest BCUT2D eigenvalue weighted by Crippen LogP contribution is -2.26. The maximum absolute atomic E-state index is 13.0. The summed E-state index contributed by atoms with van der Waals surface area (Å²) >= 11 is 5.72. The summed E-state index contributed by atoms with van der Waals surface area (Å²) in [6.07, 6.45) is -5.95. The minimum absolute atomic E-state index is 0.0808. The van der Waals surface area contributed by atoms with E-state index < -0.39 is 45.5 Å². The van der Waals surface area contributed by atoms with Gasteiger partial charge in [-0.2, -0.15) is 13.2 Å². The molecule has 158 valence electrons. The molecule has 2 rings (SSSR count). The van der Waals surface area contributed by atoms with Crippen molar-refractivity contribution < 1.29 is 37.1 Å². The van der Waals surface area contributed by atoms with E-state index in [1.165, 1.54) is 6.92 Å². The van der Waals surface area contributed by atoms with Crippen LogP contribution in [-0.2, 0) is 22.8 Å². The van der Waals surface area contributed by atoms with Crippen LogP contribution in [0.15, 0.2) is 18.2 Å². The van der Waals surface area contributed by atoms with Crippen molar-refractivity contribution >= 4 is 23.3 Å². The largest absolute Gasteiger partial charge is 0.472 e. The highest BCUT2D eigenvalue weighted by Gasteiger charge is 2.39. The van der Waals surface area contributed by atoms with Crippen LogP contribution >= 0.6 is 11.6 Å². The molecule has 29 heavy (non-hydrogen) atoms. The van der Waals surface area contributed by atoms with Gasteiger partial charge in [0.1, 0.15) is 10.8 Å². The zero-order valence-corrected chi connectivity index (χ0v) is 16.1. The van der Waals surface area contributed by atoms with Crippen LogP contribution in [0, 0.1) is 10.1 Å². The molecule has 1 aromatic heterocycles. The van der Waals surface area contributed by atoms with Crippen molar-refractivity contribution in [2.24, 2.45) is 7.05 Å². The Bertz CT molecular complexity index is 931. The Labute approximate surface area is 167 Å². The first kappa shape index (κ1) is 22.3. The fourth-order valence-electron chi connectivity index (χ4n) is 2.26. The average molecular weight is 438 g/mol. The zero-order valence-electron chi connectivity index (χ0n) is 15.3. The van der Waals surface area contributed by atoms with Crippen LogP contribution in [0.1, 0.15) is 19.5 Å². The Balaban J connectivity index is 2.36. The number of hydrogen-bond donors (Lipinski definition) is 0. The summed E-state index contributed by atoms with van der Waals surface area (Å²) in [5.74, 6) is -1.80. The highest BCUT2D eigenvalue weighted by atomic mass is 35.5. The average Bonchev–Trinajstić information content (AvgIpc) is 2.88. The number of halogens is 4. The van der Waals surface area contributed by atoms with Crippen molar-refractivity contribution in [3.05, 3.63) is 39.0 Å². The summed E-state index contributed by atoms with van der Waals surface area (Å²) in [6, 6.07) is 3.16. The van der Waals surface area contributed by atoms with E-state index in [1.807, 2.05) is 0 Å². The Kier molecular flexibility index (Phi) is 6.57. The number of nitrogens with zero attached hydrogens (tertiary/aromatic N) is 3. The van der Waals surface area contributed by atoms with E-state index in [-0.39, 0.29) is 18.1 Å². The Morgan fingerprint density at radius 1 is 1.41 bits per heavy atom. The topological polar surface area (TPSA) is 106 Å². The van der Waals surface area contributed by atoms with Crippen molar-refractivity contribution in [3.8, 4) is 17.4 Å². The van der Waals surface area contributed by atoms with Gasteiger partial charge in [0.15, 0.2) is 11.8 Å². The number of benzene rings is 1. The summed E-state index contributed by atoms with van der Waals surface area (Å²) in [6.45, 7) is 2.98. The maximum atomic E-state index is 13.0. The molecule has 2 aromatic rings. The molecular weight excluding hydrogens is 423 g/mol. The number of nitro benzene ring substituents is 1. The standard InChI is InChI=1S/C16H15ClF3N3O6/c1-4-27-15(24)8(2)28-11-7-9(5-6-10(11)23(25)26)29-14-12(17)13(16(18,19)20)22(3)21-14/h5-8H,4H2,1-3H3. The number of hydrogen-bond acceptors (Lipinski definition) is 7. The van der Waals surface area contributed by atoms with Crippen LogP contribution in [0.4, 0.5) is 18.9 Å². The Morgan fingerprint density at radius 2 is 2.07 bits per heavy atom. The smallest absolute Gasteiger partial charge is 0.434 e. The number of ether oxygens (including phenoxy) is 3. The van der Waals surface area contributed by atoms with E-state index in [0.717, 1.165) is 25.2 Å². The molecule has 0 saturated heterocycles. The summed E-state index contributed by atoms with van der Waals surface area (Å²) in [5, 5.41) is 14.0. The molecule has 9 nitrogen and oxygen atoms in total. The van der Waals surface area contributed by atoms with Gasteiger partial charge in [-0.1, -0.05) is 11.6 Å². The van der Waals surface area contributed by atoms with Crippen molar-refractivity contribution in [1.82, 2.24) is 9.78 Å². The predicted molar refractivity (Wildman–Crippen MR) is 93.1 cm³/mol. The number of aryl methyl sites for hydroxylation is 1. The van der Waals surface area contributed by atoms with Gasteiger partial charge in [0.05, 0.1) is 11.5 Å². The van der Waals surface area contributed by atoms with Crippen molar-refractivity contribution in [1.29, 1.82) is 0 Å². The molecule has 1 atom stereocenters. The van der Waals surface area contributed by atoms with Crippen LogP contribution in [0.5, 0.6) is 17.4 Å². The van der Waals surface area contributed by atoms with E-state index in [9.17, 15) is 28.1 Å². The van der Waals surface area contributed by atoms with E-state index in [1.54, 1.807) is 6.92 Å². The highest BCUT2D eigenvalue weighted by Crippen LogP contribution is 2.41. The number of carbonyl (C=O) groups excluding carboxylic acids is 1. The number of esters is 1.